The number of ether oxygens (including phenoxy) is 3. The van der Waals surface area contributed by atoms with Crippen LogP contribution < -0.4 is 25.3 Å². The summed E-state index contributed by atoms with van der Waals surface area (Å²) in [6, 6.07) is 17.7. The molecule has 3 aromatic carbocycles. The first-order valence-corrected chi connectivity index (χ1v) is 9.50. The van der Waals surface area contributed by atoms with Crippen LogP contribution in [-0.4, -0.2) is 25.2 Å². The molecule has 7 heteroatoms. The number of methoxy groups -OCH3 is 2. The highest BCUT2D eigenvalue weighted by atomic mass is 16.5. The van der Waals surface area contributed by atoms with Gasteiger partial charge in [0.1, 0.15) is 12.4 Å². The molecule has 0 fully saturated rings. The zero-order chi connectivity index (χ0) is 22.2. The minimum atomic E-state index is -0.265. The van der Waals surface area contributed by atoms with Gasteiger partial charge in [-0.05, 0) is 29.3 Å². The van der Waals surface area contributed by atoms with E-state index in [-0.39, 0.29) is 17.4 Å². The molecule has 1 amide bonds. The maximum absolute atomic E-state index is 12.1. The lowest BCUT2D eigenvalue weighted by molar-refractivity contribution is -0.111. The number of nitrogens with two attached hydrogens (primary N) is 1. The fourth-order valence-electron chi connectivity index (χ4n) is 2.85. The molecule has 31 heavy (non-hydrogen) atoms. The summed E-state index contributed by atoms with van der Waals surface area (Å²) in [5.74, 6) is 0.765. The van der Waals surface area contributed by atoms with Gasteiger partial charge in [0, 0.05) is 18.2 Å². The highest BCUT2D eigenvalue weighted by Gasteiger charge is 2.12. The topological polar surface area (TPSA) is 103 Å². The van der Waals surface area contributed by atoms with Crippen LogP contribution in [0.2, 0.25) is 0 Å². The number of rotatable bonds is 8. The summed E-state index contributed by atoms with van der Waals surface area (Å²) in [4.78, 5) is 12.1. The van der Waals surface area contributed by atoms with Gasteiger partial charge in [0.15, 0.2) is 11.5 Å². The van der Waals surface area contributed by atoms with Gasteiger partial charge in [-0.3, -0.25) is 4.79 Å². The Morgan fingerprint density at radius 2 is 1.81 bits per heavy atom. The third-order valence-corrected chi connectivity index (χ3v) is 4.46. The van der Waals surface area contributed by atoms with Gasteiger partial charge >= 0.3 is 0 Å². The van der Waals surface area contributed by atoms with Crippen LogP contribution >= 0.6 is 0 Å². The number of para-hydroxylation sites is 2. The summed E-state index contributed by atoms with van der Waals surface area (Å²) in [7, 11) is 2.94. The largest absolute Gasteiger partial charge is 0.504 e. The zero-order valence-corrected chi connectivity index (χ0v) is 17.3. The molecule has 0 unspecified atom stereocenters. The molecule has 4 N–H and O–H groups in total. The van der Waals surface area contributed by atoms with Crippen molar-refractivity contribution in [3.63, 3.8) is 0 Å². The molecule has 0 aliphatic carbocycles. The number of hydrogen-bond acceptors (Lipinski definition) is 6. The summed E-state index contributed by atoms with van der Waals surface area (Å²) in [6.07, 6.45) is 3.16. The smallest absolute Gasteiger partial charge is 0.248 e. The monoisotopic (exact) mass is 420 g/mol. The first kappa shape index (κ1) is 21.6. The van der Waals surface area contributed by atoms with E-state index in [2.05, 4.69) is 5.32 Å². The van der Waals surface area contributed by atoms with Gasteiger partial charge in [0.2, 0.25) is 11.7 Å². The van der Waals surface area contributed by atoms with Crippen molar-refractivity contribution >= 4 is 23.4 Å². The van der Waals surface area contributed by atoms with Crippen LogP contribution in [0.15, 0.2) is 66.7 Å². The number of carbonyl (C=O) groups is 1. The predicted molar refractivity (Wildman–Crippen MR) is 121 cm³/mol. The normalized spacial score (nSPS) is 10.6. The van der Waals surface area contributed by atoms with Crippen LogP contribution in [0.4, 0.5) is 11.4 Å². The van der Waals surface area contributed by atoms with Crippen molar-refractivity contribution in [1.82, 2.24) is 0 Å². The quantitative estimate of drug-likeness (QED) is 0.372. The van der Waals surface area contributed by atoms with Gasteiger partial charge in [-0.2, -0.15) is 0 Å². The molecule has 0 aliphatic heterocycles. The first-order chi connectivity index (χ1) is 15.0. The maximum atomic E-state index is 12.1. The second kappa shape index (κ2) is 10.1. The van der Waals surface area contributed by atoms with E-state index in [0.717, 1.165) is 11.1 Å². The number of hydrogen-bond donors (Lipinski definition) is 3. The minimum absolute atomic E-state index is 0.0622. The Labute approximate surface area is 180 Å². The second-order valence-corrected chi connectivity index (χ2v) is 6.62. The fraction of sp³-hybridized carbons (Fsp3) is 0.125. The molecule has 0 spiro atoms. The van der Waals surface area contributed by atoms with Crippen molar-refractivity contribution < 1.29 is 24.1 Å². The molecule has 160 valence electrons. The lowest BCUT2D eigenvalue weighted by atomic mass is 10.1. The van der Waals surface area contributed by atoms with Crippen LogP contribution in [0.3, 0.4) is 0 Å². The Balaban J connectivity index is 1.58. The van der Waals surface area contributed by atoms with Crippen LogP contribution in [0.5, 0.6) is 23.0 Å². The zero-order valence-electron chi connectivity index (χ0n) is 17.3. The lowest BCUT2D eigenvalue weighted by Gasteiger charge is -2.12. The maximum Gasteiger partial charge on any atom is 0.248 e. The van der Waals surface area contributed by atoms with Crippen LogP contribution in [0.1, 0.15) is 11.1 Å². The van der Waals surface area contributed by atoms with E-state index in [1.54, 1.807) is 36.4 Å². The highest BCUT2D eigenvalue weighted by molar-refractivity contribution is 6.03. The molecule has 7 nitrogen and oxygen atoms in total. The van der Waals surface area contributed by atoms with E-state index < -0.39 is 0 Å². The van der Waals surface area contributed by atoms with Crippen molar-refractivity contribution in [2.45, 2.75) is 6.61 Å². The molecule has 0 atom stereocenters. The number of phenols is 1. The highest BCUT2D eigenvalue weighted by Crippen LogP contribution is 2.40. The Morgan fingerprint density at radius 3 is 2.48 bits per heavy atom. The van der Waals surface area contributed by atoms with Gasteiger partial charge in [0.25, 0.3) is 0 Å². The van der Waals surface area contributed by atoms with E-state index in [1.165, 1.54) is 26.4 Å². The van der Waals surface area contributed by atoms with Gasteiger partial charge in [-0.15, -0.1) is 0 Å². The molecule has 0 saturated heterocycles. The number of aromatic hydroxyl groups is 1. The van der Waals surface area contributed by atoms with E-state index in [9.17, 15) is 9.90 Å². The molecule has 0 aliphatic rings. The van der Waals surface area contributed by atoms with Gasteiger partial charge in [-0.25, -0.2) is 0 Å². The van der Waals surface area contributed by atoms with E-state index in [4.69, 9.17) is 19.9 Å². The SMILES string of the molecule is COc1cc(OCc2ccc(/C=C/C(=O)Nc3ccccc3N)cc2)cc(O)c1OC. The molecular formula is C24H24N2O5. The molecule has 0 saturated carbocycles. The van der Waals surface area contributed by atoms with Gasteiger partial charge in [0.05, 0.1) is 25.6 Å². The summed E-state index contributed by atoms with van der Waals surface area (Å²) >= 11 is 0. The average molecular weight is 420 g/mol. The molecule has 0 bridgehead atoms. The Hall–Kier alpha value is -4.13. The third-order valence-electron chi connectivity index (χ3n) is 4.46. The molecule has 3 aromatic rings. The van der Waals surface area contributed by atoms with Crippen LogP contribution in [-0.2, 0) is 11.4 Å². The van der Waals surface area contributed by atoms with Crippen molar-refractivity contribution in [3.8, 4) is 23.0 Å². The van der Waals surface area contributed by atoms with Crippen molar-refractivity contribution in [2.24, 2.45) is 0 Å². The van der Waals surface area contributed by atoms with Gasteiger partial charge < -0.3 is 30.4 Å². The number of nitrogens with one attached hydrogen (secondary N) is 1. The molecule has 0 heterocycles. The molecular weight excluding hydrogens is 396 g/mol. The summed E-state index contributed by atoms with van der Waals surface area (Å²) in [5, 5.41) is 12.8. The second-order valence-electron chi connectivity index (χ2n) is 6.62. The number of anilines is 2. The molecule has 0 aromatic heterocycles. The van der Waals surface area contributed by atoms with Crippen molar-refractivity contribution in [3.05, 3.63) is 77.9 Å². The standard InChI is InChI=1S/C24H24N2O5/c1-29-22-14-18(13-21(27)24(22)30-2)31-15-17-9-7-16(8-10-17)11-12-23(28)26-20-6-4-3-5-19(20)25/h3-14,27H,15,25H2,1-2H3,(H,26,28)/b12-11+. The first-order valence-electron chi connectivity index (χ1n) is 9.50. The number of carbonyl (C=O) groups excluding carboxylic acids is 1. The van der Waals surface area contributed by atoms with E-state index >= 15 is 0 Å². The molecule has 3 rings (SSSR count). The number of benzene rings is 3. The van der Waals surface area contributed by atoms with Crippen LogP contribution in [0.25, 0.3) is 6.08 Å². The minimum Gasteiger partial charge on any atom is -0.504 e. The number of phenolic OH excluding ortho intramolecular Hbond substituents is 1. The van der Waals surface area contributed by atoms with E-state index in [0.29, 0.717) is 29.5 Å². The molecule has 0 radical (unpaired) electrons. The Morgan fingerprint density at radius 1 is 1.06 bits per heavy atom. The van der Waals surface area contributed by atoms with Crippen LogP contribution in [0, 0.1) is 0 Å². The number of amides is 1. The summed E-state index contributed by atoms with van der Waals surface area (Å²) in [6.45, 7) is 0.298. The van der Waals surface area contributed by atoms with Gasteiger partial charge in [-0.1, -0.05) is 36.4 Å². The Bertz CT molecular complexity index is 1080. The summed E-state index contributed by atoms with van der Waals surface area (Å²) < 4.78 is 16.0. The van der Waals surface area contributed by atoms with E-state index in [1.807, 2.05) is 24.3 Å². The third kappa shape index (κ3) is 5.70. The van der Waals surface area contributed by atoms with Crippen molar-refractivity contribution in [2.75, 3.05) is 25.3 Å². The predicted octanol–water partition coefficient (Wildman–Crippen LogP) is 4.22. The summed E-state index contributed by atoms with van der Waals surface area (Å²) in [5.41, 5.74) is 8.70. The lowest BCUT2D eigenvalue weighted by Crippen LogP contribution is -2.09. The number of nitrogen functional groups attached to an aromatic ring is 1. The average Bonchev–Trinajstić information content (AvgIpc) is 2.78. The van der Waals surface area contributed by atoms with Crippen molar-refractivity contribution in [1.29, 1.82) is 0 Å². The Kier molecular flexibility index (Phi) is 7.01. The fourth-order valence-corrected chi connectivity index (χ4v) is 2.85.